The first-order valence-electron chi connectivity index (χ1n) is 6.22. The first kappa shape index (κ1) is 12.7. The normalized spacial score (nSPS) is 17.2. The zero-order valence-corrected chi connectivity index (χ0v) is 11.5. The van der Waals surface area contributed by atoms with E-state index in [1.54, 1.807) is 0 Å². The molecule has 0 radical (unpaired) electrons. The lowest BCUT2D eigenvalue weighted by Crippen LogP contribution is -2.17. The second-order valence-electron chi connectivity index (χ2n) is 4.67. The van der Waals surface area contributed by atoms with E-state index in [1.807, 2.05) is 0 Å². The van der Waals surface area contributed by atoms with Crippen LogP contribution in [-0.4, -0.2) is 21.5 Å². The quantitative estimate of drug-likeness (QED) is 0.601. The molecule has 0 saturated carbocycles. The summed E-state index contributed by atoms with van der Waals surface area (Å²) in [7, 11) is -0.435. The van der Waals surface area contributed by atoms with Gasteiger partial charge in [0.25, 0.3) is 0 Å². The monoisotopic (exact) mass is 224 g/mol. The van der Waals surface area contributed by atoms with Gasteiger partial charge in [-0.3, -0.25) is 0 Å². The summed E-state index contributed by atoms with van der Waals surface area (Å²) >= 11 is 0. The average molecular weight is 224 g/mol. The minimum atomic E-state index is -0.435. The minimum absolute atomic E-state index is 0.374. The summed E-state index contributed by atoms with van der Waals surface area (Å²) in [4.78, 5) is 0. The van der Waals surface area contributed by atoms with Gasteiger partial charge in [-0.2, -0.15) is 0 Å². The van der Waals surface area contributed by atoms with Gasteiger partial charge in [0.1, 0.15) is 0 Å². The van der Waals surface area contributed by atoms with Gasteiger partial charge in [-0.15, -0.1) is 0 Å². The number of allylic oxidation sites excluding steroid dienone is 2. The Balaban J connectivity index is 2.41. The van der Waals surface area contributed by atoms with Crippen molar-refractivity contribution < 1.29 is 4.74 Å². The number of ether oxygens (including phenoxy) is 1. The van der Waals surface area contributed by atoms with E-state index in [1.165, 1.54) is 18.0 Å². The van der Waals surface area contributed by atoms with Crippen LogP contribution in [0.1, 0.15) is 26.2 Å². The maximum atomic E-state index is 5.93. The van der Waals surface area contributed by atoms with E-state index in [-0.39, 0.29) is 0 Å². The first-order chi connectivity index (χ1) is 7.24. The van der Waals surface area contributed by atoms with Gasteiger partial charge in [-0.05, 0) is 24.8 Å². The van der Waals surface area contributed by atoms with E-state index in [4.69, 9.17) is 4.74 Å². The van der Waals surface area contributed by atoms with Crippen LogP contribution in [0.5, 0.6) is 0 Å². The number of hydrogen-bond acceptors (Lipinski definition) is 1. The van der Waals surface area contributed by atoms with Gasteiger partial charge in [-0.1, -0.05) is 44.3 Å². The van der Waals surface area contributed by atoms with Crippen LogP contribution in [-0.2, 0) is 4.74 Å². The van der Waals surface area contributed by atoms with Gasteiger partial charge >= 0.3 is 0 Å². The average Bonchev–Trinajstić information content (AvgIpc) is 2.71. The van der Waals surface area contributed by atoms with Crippen LogP contribution in [0, 0.1) is 0 Å². The molecule has 0 aromatic carbocycles. The van der Waals surface area contributed by atoms with E-state index in [0.717, 1.165) is 19.4 Å². The summed E-state index contributed by atoms with van der Waals surface area (Å²) < 4.78 is 5.93. The second-order valence-corrected chi connectivity index (χ2v) is 8.04. The fourth-order valence-electron chi connectivity index (χ4n) is 1.81. The van der Waals surface area contributed by atoms with Crippen LogP contribution in [0.25, 0.3) is 0 Å². The van der Waals surface area contributed by atoms with Crippen LogP contribution >= 0.6 is 0 Å². The first-order valence-corrected chi connectivity index (χ1v) is 9.34. The summed E-state index contributed by atoms with van der Waals surface area (Å²) in [5, 5.41) is 0. The minimum Gasteiger partial charge on any atom is -0.374 e. The molecule has 1 rings (SSSR count). The Bertz CT molecular complexity index is 231. The Labute approximate surface area is 95.8 Å². The Morgan fingerprint density at radius 3 is 2.80 bits per heavy atom. The molecule has 2 heteroatoms. The maximum absolute atomic E-state index is 5.93. The molecule has 1 nitrogen and oxygen atoms in total. The Morgan fingerprint density at radius 2 is 2.27 bits per heavy atom. The van der Waals surface area contributed by atoms with Gasteiger partial charge in [0.2, 0.25) is 0 Å². The van der Waals surface area contributed by atoms with Crippen LogP contribution < -0.4 is 0 Å². The molecule has 0 aromatic heterocycles. The van der Waals surface area contributed by atoms with Gasteiger partial charge < -0.3 is 4.74 Å². The molecular weight excluding hydrogens is 200 g/mol. The SMILES string of the molecule is CCCOC(CC[SiH](C)C)C1=CCC=C1. The van der Waals surface area contributed by atoms with E-state index >= 15 is 0 Å². The third kappa shape index (κ3) is 4.80. The lowest BCUT2D eigenvalue weighted by molar-refractivity contribution is 0.0778. The van der Waals surface area contributed by atoms with Gasteiger partial charge in [0.05, 0.1) is 6.10 Å². The van der Waals surface area contributed by atoms with Crippen molar-refractivity contribution in [3.8, 4) is 0 Å². The summed E-state index contributed by atoms with van der Waals surface area (Å²) in [6.45, 7) is 7.90. The molecule has 0 spiro atoms. The predicted octanol–water partition coefficient (Wildman–Crippen LogP) is 3.54. The van der Waals surface area contributed by atoms with Crippen molar-refractivity contribution in [2.24, 2.45) is 0 Å². The number of rotatable bonds is 7. The Hall–Kier alpha value is -0.343. The molecule has 1 unspecified atom stereocenters. The van der Waals surface area contributed by atoms with Crippen LogP contribution in [0.2, 0.25) is 19.1 Å². The maximum Gasteiger partial charge on any atom is 0.0819 e. The molecular formula is C13H24OSi. The molecule has 0 heterocycles. The molecule has 0 N–H and O–H groups in total. The van der Waals surface area contributed by atoms with Crippen molar-refractivity contribution in [2.45, 2.75) is 51.4 Å². The molecule has 0 fully saturated rings. The third-order valence-electron chi connectivity index (χ3n) is 2.70. The smallest absolute Gasteiger partial charge is 0.0819 e. The van der Waals surface area contributed by atoms with Crippen molar-refractivity contribution >= 4 is 8.80 Å². The van der Waals surface area contributed by atoms with Crippen molar-refractivity contribution in [2.75, 3.05) is 6.61 Å². The molecule has 1 aliphatic carbocycles. The topological polar surface area (TPSA) is 9.23 Å². The zero-order valence-electron chi connectivity index (χ0n) is 10.3. The molecule has 1 aliphatic rings. The molecule has 0 aliphatic heterocycles. The van der Waals surface area contributed by atoms with Crippen molar-refractivity contribution in [1.29, 1.82) is 0 Å². The van der Waals surface area contributed by atoms with E-state index < -0.39 is 8.80 Å². The molecule has 0 amide bonds. The largest absolute Gasteiger partial charge is 0.374 e. The molecule has 86 valence electrons. The Morgan fingerprint density at radius 1 is 1.47 bits per heavy atom. The molecule has 0 aromatic rings. The van der Waals surface area contributed by atoms with Crippen LogP contribution in [0.3, 0.4) is 0 Å². The highest BCUT2D eigenvalue weighted by Crippen LogP contribution is 2.21. The zero-order chi connectivity index (χ0) is 11.1. The summed E-state index contributed by atoms with van der Waals surface area (Å²) in [5.74, 6) is 0. The summed E-state index contributed by atoms with van der Waals surface area (Å²) in [6, 6.07) is 1.39. The third-order valence-corrected chi connectivity index (χ3v) is 4.19. The van der Waals surface area contributed by atoms with Crippen LogP contribution in [0.4, 0.5) is 0 Å². The van der Waals surface area contributed by atoms with Crippen molar-refractivity contribution in [1.82, 2.24) is 0 Å². The van der Waals surface area contributed by atoms with Crippen molar-refractivity contribution in [3.63, 3.8) is 0 Å². The lowest BCUT2D eigenvalue weighted by Gasteiger charge is -2.18. The van der Waals surface area contributed by atoms with Gasteiger partial charge in [-0.25, -0.2) is 0 Å². The van der Waals surface area contributed by atoms with Crippen molar-refractivity contribution in [3.05, 3.63) is 23.8 Å². The highest BCUT2D eigenvalue weighted by Gasteiger charge is 2.14. The van der Waals surface area contributed by atoms with E-state index in [9.17, 15) is 0 Å². The van der Waals surface area contributed by atoms with Gasteiger partial charge in [0, 0.05) is 15.4 Å². The molecule has 0 bridgehead atoms. The fraction of sp³-hybridized carbons (Fsp3) is 0.692. The summed E-state index contributed by atoms with van der Waals surface area (Å²) in [5.41, 5.74) is 1.41. The summed E-state index contributed by atoms with van der Waals surface area (Å²) in [6.07, 6.45) is 10.6. The highest BCUT2D eigenvalue weighted by molar-refractivity contribution is 6.55. The molecule has 0 saturated heterocycles. The lowest BCUT2D eigenvalue weighted by atomic mass is 10.1. The fourth-order valence-corrected chi connectivity index (χ4v) is 2.78. The predicted molar refractivity (Wildman–Crippen MR) is 70.2 cm³/mol. The molecule has 1 atom stereocenters. The standard InChI is InChI=1S/C13H24OSi/c1-4-10-14-13(9-11-15(2)3)12-7-5-6-8-12/h5,7-8,13,15H,4,6,9-11H2,1-3H3. The highest BCUT2D eigenvalue weighted by atomic mass is 28.3. The van der Waals surface area contributed by atoms with Crippen LogP contribution in [0.15, 0.2) is 23.8 Å². The van der Waals surface area contributed by atoms with E-state index in [0.29, 0.717) is 6.10 Å². The second kappa shape index (κ2) is 7.02. The molecule has 15 heavy (non-hydrogen) atoms. The Kier molecular flexibility index (Phi) is 5.95. The van der Waals surface area contributed by atoms with E-state index in [2.05, 4.69) is 38.2 Å². The number of hydrogen-bond donors (Lipinski definition) is 0. The van der Waals surface area contributed by atoms with Gasteiger partial charge in [0.15, 0.2) is 0 Å².